The average molecular weight is 530 g/mol. The van der Waals surface area contributed by atoms with Crippen molar-refractivity contribution in [2.75, 3.05) is 26.8 Å². The van der Waals surface area contributed by atoms with E-state index in [1.54, 1.807) is 4.90 Å². The van der Waals surface area contributed by atoms with Crippen LogP contribution >= 0.6 is 0 Å². The molecular weight excluding hydrogens is 495 g/mol. The van der Waals surface area contributed by atoms with E-state index in [9.17, 15) is 22.8 Å². The topological polar surface area (TPSA) is 54.8 Å². The van der Waals surface area contributed by atoms with Gasteiger partial charge in [0.1, 0.15) is 6.54 Å². The molecule has 0 radical (unpaired) electrons. The van der Waals surface area contributed by atoms with Crippen molar-refractivity contribution < 1.29 is 27.5 Å². The van der Waals surface area contributed by atoms with Crippen LogP contribution in [0, 0.1) is 0 Å². The van der Waals surface area contributed by atoms with Crippen LogP contribution in [0.15, 0.2) is 72.9 Å². The van der Waals surface area contributed by atoms with Gasteiger partial charge in [0, 0.05) is 50.3 Å². The Morgan fingerprint density at radius 3 is 2.39 bits per heavy atom. The van der Waals surface area contributed by atoms with Gasteiger partial charge in [0.2, 0.25) is 5.91 Å². The number of hydrogen-bond donors (Lipinski definition) is 0. The largest absolute Gasteiger partial charge is 0.416 e. The van der Waals surface area contributed by atoms with Gasteiger partial charge in [-0.25, -0.2) is 0 Å². The van der Waals surface area contributed by atoms with Crippen LogP contribution in [0.4, 0.5) is 13.2 Å². The summed E-state index contributed by atoms with van der Waals surface area (Å²) < 4.78 is 46.8. The molecule has 0 N–H and O–H groups in total. The van der Waals surface area contributed by atoms with Crippen molar-refractivity contribution in [1.29, 1.82) is 0 Å². The number of carbonyl (C=O) groups is 2. The monoisotopic (exact) mass is 529 g/mol. The summed E-state index contributed by atoms with van der Waals surface area (Å²) in [5.74, 6) is -0.915. The zero-order valence-electron chi connectivity index (χ0n) is 21.9. The SMILES string of the molecule is COCCCN(CC(=O)N(Cc1cccn1Cc1ccccc1)C(C)C)C(=O)c1cccc(C(F)(F)F)c1. The maximum atomic E-state index is 13.5. The predicted octanol–water partition coefficient (Wildman–Crippen LogP) is 5.47. The number of alkyl halides is 3. The van der Waals surface area contributed by atoms with Crippen molar-refractivity contribution in [3.05, 3.63) is 95.3 Å². The molecule has 1 aromatic heterocycles. The van der Waals surface area contributed by atoms with Gasteiger partial charge >= 0.3 is 6.18 Å². The Kier molecular flexibility index (Phi) is 10.1. The second-order valence-electron chi connectivity index (χ2n) is 9.38. The van der Waals surface area contributed by atoms with E-state index in [1.165, 1.54) is 24.1 Å². The Balaban J connectivity index is 1.79. The van der Waals surface area contributed by atoms with Crippen molar-refractivity contribution in [2.24, 2.45) is 0 Å². The lowest BCUT2D eigenvalue weighted by Crippen LogP contribution is -2.46. The number of ether oxygens (including phenoxy) is 1. The molecule has 0 atom stereocenters. The summed E-state index contributed by atoms with van der Waals surface area (Å²) in [7, 11) is 1.52. The summed E-state index contributed by atoms with van der Waals surface area (Å²) >= 11 is 0. The molecule has 0 fully saturated rings. The molecule has 0 saturated heterocycles. The Morgan fingerprint density at radius 1 is 1.00 bits per heavy atom. The summed E-state index contributed by atoms with van der Waals surface area (Å²) in [5.41, 5.74) is 1.04. The first kappa shape index (κ1) is 29.0. The van der Waals surface area contributed by atoms with E-state index in [0.717, 1.165) is 23.4 Å². The molecule has 2 amide bonds. The van der Waals surface area contributed by atoms with Crippen molar-refractivity contribution >= 4 is 11.8 Å². The lowest BCUT2D eigenvalue weighted by molar-refractivity contribution is -0.137. The lowest BCUT2D eigenvalue weighted by atomic mass is 10.1. The van der Waals surface area contributed by atoms with E-state index in [-0.39, 0.29) is 30.6 Å². The van der Waals surface area contributed by atoms with Crippen LogP contribution in [0.3, 0.4) is 0 Å². The number of hydrogen-bond acceptors (Lipinski definition) is 3. The first-order valence-corrected chi connectivity index (χ1v) is 12.5. The number of carbonyl (C=O) groups excluding carboxylic acids is 2. The highest BCUT2D eigenvalue weighted by Gasteiger charge is 2.32. The number of rotatable bonds is 12. The molecular formula is C29H34F3N3O3. The van der Waals surface area contributed by atoms with Gasteiger partial charge in [-0.3, -0.25) is 9.59 Å². The van der Waals surface area contributed by atoms with Crippen molar-refractivity contribution in [2.45, 2.75) is 45.6 Å². The molecule has 1 heterocycles. The molecule has 0 aliphatic rings. The molecule has 38 heavy (non-hydrogen) atoms. The molecule has 0 bridgehead atoms. The smallest absolute Gasteiger partial charge is 0.385 e. The molecule has 0 spiro atoms. The number of benzene rings is 2. The van der Waals surface area contributed by atoms with Crippen LogP contribution in [0.5, 0.6) is 0 Å². The molecule has 0 unspecified atom stereocenters. The van der Waals surface area contributed by atoms with Crippen LogP contribution in [0.25, 0.3) is 0 Å². The van der Waals surface area contributed by atoms with Gasteiger partial charge in [-0.05, 0) is 56.2 Å². The zero-order chi connectivity index (χ0) is 27.7. The molecule has 204 valence electrons. The first-order chi connectivity index (χ1) is 18.1. The maximum absolute atomic E-state index is 13.5. The number of aromatic nitrogens is 1. The van der Waals surface area contributed by atoms with Gasteiger partial charge in [-0.2, -0.15) is 13.2 Å². The Labute approximate surface area is 221 Å². The molecule has 0 aliphatic heterocycles. The third-order valence-electron chi connectivity index (χ3n) is 6.22. The average Bonchev–Trinajstić information content (AvgIpc) is 3.32. The highest BCUT2D eigenvalue weighted by molar-refractivity contribution is 5.96. The first-order valence-electron chi connectivity index (χ1n) is 12.5. The van der Waals surface area contributed by atoms with E-state index in [1.807, 2.05) is 62.5 Å². The summed E-state index contributed by atoms with van der Waals surface area (Å²) in [4.78, 5) is 29.7. The molecule has 6 nitrogen and oxygen atoms in total. The lowest BCUT2D eigenvalue weighted by Gasteiger charge is -2.31. The number of methoxy groups -OCH3 is 1. The zero-order valence-corrected chi connectivity index (χ0v) is 21.9. The molecule has 3 rings (SSSR count). The third kappa shape index (κ3) is 7.95. The fraction of sp³-hybridized carbons (Fsp3) is 0.379. The molecule has 9 heteroatoms. The summed E-state index contributed by atoms with van der Waals surface area (Å²) in [6.45, 7) is 5.04. The van der Waals surface area contributed by atoms with Crippen molar-refractivity contribution in [3.63, 3.8) is 0 Å². The second-order valence-corrected chi connectivity index (χ2v) is 9.38. The van der Waals surface area contributed by atoms with E-state index in [4.69, 9.17) is 4.74 Å². The van der Waals surface area contributed by atoms with Gasteiger partial charge in [0.25, 0.3) is 5.91 Å². The minimum Gasteiger partial charge on any atom is -0.385 e. The minimum absolute atomic E-state index is 0.113. The van der Waals surface area contributed by atoms with Crippen LogP contribution in [-0.4, -0.2) is 59.0 Å². The molecule has 2 aromatic carbocycles. The standard InChI is InChI=1S/C29H34F3N3O3/c1-22(2)35(20-26-14-8-15-33(26)19-23-10-5-4-6-11-23)27(36)21-34(16-9-17-38-3)28(37)24-12-7-13-25(18-24)29(30,31)32/h4-8,10-15,18,22H,9,16-17,19-21H2,1-3H3. The quantitative estimate of drug-likeness (QED) is 0.293. The van der Waals surface area contributed by atoms with E-state index in [0.29, 0.717) is 26.1 Å². The Hall–Kier alpha value is -3.59. The summed E-state index contributed by atoms with van der Waals surface area (Å²) in [6.07, 6.45) is -2.17. The van der Waals surface area contributed by atoms with Crippen molar-refractivity contribution in [1.82, 2.24) is 14.4 Å². The molecule has 0 saturated carbocycles. The highest BCUT2D eigenvalue weighted by Crippen LogP contribution is 2.29. The van der Waals surface area contributed by atoms with Gasteiger partial charge in [-0.15, -0.1) is 0 Å². The van der Waals surface area contributed by atoms with Crippen LogP contribution in [0.2, 0.25) is 0 Å². The summed E-state index contributed by atoms with van der Waals surface area (Å²) in [6, 6.07) is 18.0. The van der Waals surface area contributed by atoms with E-state index in [2.05, 4.69) is 4.57 Å². The van der Waals surface area contributed by atoms with Gasteiger partial charge in [0.15, 0.2) is 0 Å². The fourth-order valence-corrected chi connectivity index (χ4v) is 4.18. The summed E-state index contributed by atoms with van der Waals surface area (Å²) in [5, 5.41) is 0. The Morgan fingerprint density at radius 2 is 1.74 bits per heavy atom. The third-order valence-corrected chi connectivity index (χ3v) is 6.22. The minimum atomic E-state index is -4.57. The van der Waals surface area contributed by atoms with Gasteiger partial charge < -0.3 is 19.1 Å². The maximum Gasteiger partial charge on any atom is 0.416 e. The normalized spacial score (nSPS) is 11.6. The predicted molar refractivity (Wildman–Crippen MR) is 140 cm³/mol. The van der Waals surface area contributed by atoms with Crippen LogP contribution in [0.1, 0.15) is 47.4 Å². The van der Waals surface area contributed by atoms with Crippen molar-refractivity contribution in [3.8, 4) is 0 Å². The number of amides is 2. The van der Waals surface area contributed by atoms with Crippen LogP contribution < -0.4 is 0 Å². The molecule has 3 aromatic rings. The van der Waals surface area contributed by atoms with E-state index >= 15 is 0 Å². The fourth-order valence-electron chi connectivity index (χ4n) is 4.18. The van der Waals surface area contributed by atoms with Gasteiger partial charge in [0.05, 0.1) is 12.1 Å². The highest BCUT2D eigenvalue weighted by atomic mass is 19.4. The van der Waals surface area contributed by atoms with Crippen LogP contribution in [-0.2, 0) is 28.8 Å². The van der Waals surface area contributed by atoms with Gasteiger partial charge in [-0.1, -0.05) is 36.4 Å². The second kappa shape index (κ2) is 13.3. The van der Waals surface area contributed by atoms with E-state index < -0.39 is 17.6 Å². The number of halogens is 3. The molecule has 0 aliphatic carbocycles. The Bertz CT molecular complexity index is 1190. The number of nitrogens with zero attached hydrogens (tertiary/aromatic N) is 3.